The Hall–Kier alpha value is -1.69. The van der Waals surface area contributed by atoms with Crippen LogP contribution < -0.4 is 4.74 Å². The van der Waals surface area contributed by atoms with Crippen molar-refractivity contribution < 1.29 is 9.13 Å². The second kappa shape index (κ2) is 8.33. The molecule has 7 heteroatoms. The van der Waals surface area contributed by atoms with Crippen LogP contribution in [0.3, 0.4) is 0 Å². The Morgan fingerprint density at radius 1 is 1.15 bits per heavy atom. The summed E-state index contributed by atoms with van der Waals surface area (Å²) in [5.41, 5.74) is 2.55. The molecule has 0 atom stereocenters. The van der Waals surface area contributed by atoms with Crippen molar-refractivity contribution >= 4 is 35.8 Å². The van der Waals surface area contributed by atoms with E-state index < -0.39 is 0 Å². The minimum Gasteiger partial charge on any atom is -0.493 e. The topological polar surface area (TPSA) is 27.1 Å². The molecule has 0 aliphatic carbocycles. The van der Waals surface area contributed by atoms with Crippen molar-refractivity contribution in [3.63, 3.8) is 0 Å². The lowest BCUT2D eigenvalue weighted by Crippen LogP contribution is -2.01. The molecule has 1 heterocycles. The van der Waals surface area contributed by atoms with Gasteiger partial charge in [-0.2, -0.15) is 0 Å². The van der Waals surface area contributed by atoms with Crippen LogP contribution in [0.15, 0.2) is 47.5 Å². The average Bonchev–Trinajstić information content (AvgIpc) is 2.91. The van der Waals surface area contributed by atoms with E-state index in [0.29, 0.717) is 39.7 Å². The van der Waals surface area contributed by atoms with Gasteiger partial charge in [-0.3, -0.25) is 8.96 Å². The summed E-state index contributed by atoms with van der Waals surface area (Å²) in [5, 5.41) is 1.70. The smallest absolute Gasteiger partial charge is 0.147 e. The van der Waals surface area contributed by atoms with Gasteiger partial charge in [-0.25, -0.2) is 4.98 Å². The lowest BCUT2D eigenvalue weighted by Gasteiger charge is -2.12. The lowest BCUT2D eigenvalue weighted by molar-refractivity contribution is 0.289. The summed E-state index contributed by atoms with van der Waals surface area (Å²) in [4.78, 5) is 4.56. The number of ether oxygens (including phenoxy) is 1. The molecule has 26 heavy (non-hydrogen) atoms. The fourth-order valence-corrected chi connectivity index (χ4v) is 3.28. The van der Waals surface area contributed by atoms with Gasteiger partial charge in [0, 0.05) is 22.7 Å². The van der Waals surface area contributed by atoms with Crippen LogP contribution in [0.2, 0.25) is 10.0 Å². The van der Waals surface area contributed by atoms with Gasteiger partial charge in [-0.1, -0.05) is 23.2 Å². The summed E-state index contributed by atoms with van der Waals surface area (Å²) in [6.07, 6.45) is 0.380. The highest BCUT2D eigenvalue weighted by Crippen LogP contribution is 2.34. The number of nitrogens with zero attached hydrogens (tertiary/aromatic N) is 2. The zero-order valence-electron chi connectivity index (χ0n) is 14.0. The zero-order valence-corrected chi connectivity index (χ0v) is 16.5. The van der Waals surface area contributed by atoms with Crippen LogP contribution in [0.1, 0.15) is 12.1 Å². The Kier molecular flexibility index (Phi) is 6.12. The summed E-state index contributed by atoms with van der Waals surface area (Å²) in [6, 6.07) is 12.8. The molecule has 0 N–H and O–H groups in total. The van der Waals surface area contributed by atoms with Crippen LogP contribution in [0.5, 0.6) is 5.75 Å². The Labute approximate surface area is 167 Å². The van der Waals surface area contributed by atoms with Crippen LogP contribution in [0, 0.1) is 6.92 Å². The van der Waals surface area contributed by atoms with E-state index in [4.69, 9.17) is 27.9 Å². The van der Waals surface area contributed by atoms with Gasteiger partial charge < -0.3 is 4.74 Å². The van der Waals surface area contributed by atoms with Crippen LogP contribution in [0.4, 0.5) is 4.39 Å². The molecule has 0 saturated heterocycles. The van der Waals surface area contributed by atoms with Crippen molar-refractivity contribution in [2.24, 2.45) is 0 Å². The summed E-state index contributed by atoms with van der Waals surface area (Å²) in [6.45, 7) is 1.91. The van der Waals surface area contributed by atoms with Gasteiger partial charge in [-0.05, 0) is 49.4 Å². The molecule has 0 unspecified atom stereocenters. The second-order valence-electron chi connectivity index (χ2n) is 5.69. The minimum absolute atomic E-state index is 0.354. The van der Waals surface area contributed by atoms with Crippen LogP contribution in [-0.2, 0) is 0 Å². The van der Waals surface area contributed by atoms with Crippen molar-refractivity contribution in [3.8, 4) is 22.8 Å². The quantitative estimate of drug-likeness (QED) is 0.387. The predicted molar refractivity (Wildman–Crippen MR) is 107 cm³/mol. The van der Waals surface area contributed by atoms with E-state index in [9.17, 15) is 4.39 Å². The number of hydrogen-bond donors (Lipinski definition) is 1. The maximum Gasteiger partial charge on any atom is 0.147 e. The molecule has 0 saturated carbocycles. The summed E-state index contributed by atoms with van der Waals surface area (Å²) >= 11 is 16.8. The maximum absolute atomic E-state index is 12.2. The van der Waals surface area contributed by atoms with Crippen LogP contribution in [-0.4, -0.2) is 22.8 Å². The van der Waals surface area contributed by atoms with Gasteiger partial charge in [0.2, 0.25) is 0 Å². The first-order valence-electron chi connectivity index (χ1n) is 8.04. The molecule has 3 nitrogen and oxygen atoms in total. The summed E-state index contributed by atoms with van der Waals surface area (Å²) < 4.78 is 19.7. The fourth-order valence-electron chi connectivity index (χ4n) is 2.59. The Bertz CT molecular complexity index is 913. The van der Waals surface area contributed by atoms with Crippen molar-refractivity contribution in [3.05, 3.63) is 58.2 Å². The first kappa shape index (κ1) is 19.1. The SMILES string of the molecule is Cc1c(S)nc(-c2ccc(Cl)cc2Cl)n1-c1ccc(OCCCF)cc1. The molecule has 3 aromatic rings. The number of alkyl halides is 1. The molecule has 1 aromatic heterocycles. The van der Waals surface area contributed by atoms with E-state index in [0.717, 1.165) is 16.9 Å². The van der Waals surface area contributed by atoms with E-state index >= 15 is 0 Å². The number of halogens is 3. The molecule has 0 fully saturated rings. The highest BCUT2D eigenvalue weighted by molar-refractivity contribution is 7.80. The predicted octanol–water partition coefficient (Wildman–Crippen LogP) is 6.18. The fraction of sp³-hybridized carbons (Fsp3) is 0.211. The Morgan fingerprint density at radius 3 is 2.54 bits per heavy atom. The number of rotatable bonds is 6. The molecule has 0 spiro atoms. The van der Waals surface area contributed by atoms with Crippen LogP contribution in [0.25, 0.3) is 17.1 Å². The van der Waals surface area contributed by atoms with Gasteiger partial charge in [-0.15, -0.1) is 12.6 Å². The van der Waals surface area contributed by atoms with E-state index in [1.807, 2.05) is 41.8 Å². The van der Waals surface area contributed by atoms with Gasteiger partial charge in [0.1, 0.15) is 16.6 Å². The van der Waals surface area contributed by atoms with Crippen molar-refractivity contribution in [2.45, 2.75) is 18.4 Å². The molecule has 0 aliphatic rings. The van der Waals surface area contributed by atoms with E-state index in [-0.39, 0.29) is 6.67 Å². The first-order chi connectivity index (χ1) is 12.5. The molecule has 3 rings (SSSR count). The van der Waals surface area contributed by atoms with Gasteiger partial charge >= 0.3 is 0 Å². The molecule has 0 radical (unpaired) electrons. The third-order valence-electron chi connectivity index (χ3n) is 3.90. The summed E-state index contributed by atoms with van der Waals surface area (Å²) in [5.74, 6) is 1.37. The zero-order chi connectivity index (χ0) is 18.7. The van der Waals surface area contributed by atoms with Gasteiger partial charge in [0.05, 0.1) is 24.0 Å². The van der Waals surface area contributed by atoms with Gasteiger partial charge in [0.25, 0.3) is 0 Å². The molecule has 0 amide bonds. The largest absolute Gasteiger partial charge is 0.493 e. The van der Waals surface area contributed by atoms with Crippen molar-refractivity contribution in [2.75, 3.05) is 13.3 Å². The normalized spacial score (nSPS) is 11.0. The molecule has 2 aromatic carbocycles. The molecule has 0 bridgehead atoms. The third-order valence-corrected chi connectivity index (χ3v) is 4.87. The Balaban J connectivity index is 2.00. The van der Waals surface area contributed by atoms with E-state index in [1.165, 1.54) is 0 Å². The van der Waals surface area contributed by atoms with Crippen LogP contribution >= 0.6 is 35.8 Å². The average molecular weight is 411 g/mol. The maximum atomic E-state index is 12.2. The van der Waals surface area contributed by atoms with Crippen molar-refractivity contribution in [1.82, 2.24) is 9.55 Å². The number of thiol groups is 1. The number of imidazole rings is 1. The monoisotopic (exact) mass is 410 g/mol. The standard InChI is InChI=1S/C19H17Cl2FN2OS/c1-12-19(26)23-18(16-8-3-13(20)11-17(16)21)24(12)14-4-6-15(7-5-14)25-10-2-9-22/h3-8,11,26H,2,9-10H2,1H3. The lowest BCUT2D eigenvalue weighted by atomic mass is 10.2. The third kappa shape index (κ3) is 4.00. The summed E-state index contributed by atoms with van der Waals surface area (Å²) in [7, 11) is 0. The number of aromatic nitrogens is 2. The molecule has 0 aliphatic heterocycles. The second-order valence-corrected chi connectivity index (χ2v) is 6.96. The highest BCUT2D eigenvalue weighted by atomic mass is 35.5. The van der Waals surface area contributed by atoms with E-state index in [2.05, 4.69) is 17.6 Å². The van der Waals surface area contributed by atoms with Crippen molar-refractivity contribution in [1.29, 1.82) is 0 Å². The molecular formula is C19H17Cl2FN2OS. The first-order valence-corrected chi connectivity index (χ1v) is 9.24. The Morgan fingerprint density at radius 2 is 1.88 bits per heavy atom. The molecular weight excluding hydrogens is 394 g/mol. The number of benzene rings is 2. The molecule has 136 valence electrons. The minimum atomic E-state index is -0.387. The van der Waals surface area contributed by atoms with Gasteiger partial charge in [0.15, 0.2) is 0 Å². The highest BCUT2D eigenvalue weighted by Gasteiger charge is 2.17. The number of hydrogen-bond acceptors (Lipinski definition) is 3. The van der Waals surface area contributed by atoms with E-state index in [1.54, 1.807) is 12.1 Å².